The van der Waals surface area contributed by atoms with Crippen LogP contribution in [0.1, 0.15) is 0 Å². The van der Waals surface area contributed by atoms with E-state index in [2.05, 4.69) is 0 Å². The van der Waals surface area contributed by atoms with Crippen LogP contribution in [0, 0.1) is 0 Å². The van der Waals surface area contributed by atoms with Crippen LogP contribution in [0.4, 0.5) is 0 Å². The predicted molar refractivity (Wildman–Crippen MR) is 68.4 cm³/mol. The highest BCUT2D eigenvalue weighted by atomic mass is 35.5. The van der Waals surface area contributed by atoms with E-state index in [4.69, 9.17) is 23.2 Å². The zero-order valence-corrected chi connectivity index (χ0v) is 10.9. The average Bonchev–Trinajstić information content (AvgIpc) is 2.33. The van der Waals surface area contributed by atoms with Gasteiger partial charge < -0.3 is 0 Å². The van der Waals surface area contributed by atoms with E-state index in [0.29, 0.717) is 0 Å². The van der Waals surface area contributed by atoms with E-state index < -0.39 is 9.84 Å². The third-order valence-corrected chi connectivity index (χ3v) is 5.00. The number of sulfone groups is 1. The molecule has 0 saturated carbocycles. The van der Waals surface area contributed by atoms with Gasteiger partial charge in [-0.05, 0) is 24.3 Å². The Labute approximate surface area is 110 Å². The molecule has 0 unspecified atom stereocenters. The minimum Gasteiger partial charge on any atom is -0.218 e. The fourth-order valence-corrected chi connectivity index (χ4v) is 3.45. The Balaban J connectivity index is 2.65. The van der Waals surface area contributed by atoms with E-state index in [-0.39, 0.29) is 19.8 Å². The van der Waals surface area contributed by atoms with Crippen molar-refractivity contribution in [1.82, 2.24) is 0 Å². The van der Waals surface area contributed by atoms with Gasteiger partial charge in [-0.15, -0.1) is 0 Å². The molecule has 5 heteroatoms. The highest BCUT2D eigenvalue weighted by molar-refractivity contribution is 7.91. The normalized spacial score (nSPS) is 11.4. The Hall–Kier alpha value is -1.03. The van der Waals surface area contributed by atoms with Crippen LogP contribution in [0.2, 0.25) is 10.0 Å². The molecule has 0 aliphatic heterocycles. The van der Waals surface area contributed by atoms with Gasteiger partial charge in [-0.25, -0.2) is 8.42 Å². The van der Waals surface area contributed by atoms with Gasteiger partial charge >= 0.3 is 0 Å². The molecule has 0 heterocycles. The molecule has 2 rings (SSSR count). The van der Waals surface area contributed by atoms with Crippen molar-refractivity contribution in [2.24, 2.45) is 0 Å². The predicted octanol–water partition coefficient (Wildman–Crippen LogP) is 3.83. The monoisotopic (exact) mass is 286 g/mol. The quantitative estimate of drug-likeness (QED) is 0.841. The van der Waals surface area contributed by atoms with Crippen molar-refractivity contribution in [3.8, 4) is 0 Å². The highest BCUT2D eigenvalue weighted by Crippen LogP contribution is 2.32. The summed E-state index contributed by atoms with van der Waals surface area (Å²) >= 11 is 11.7. The van der Waals surface area contributed by atoms with E-state index in [9.17, 15) is 8.42 Å². The fraction of sp³-hybridized carbons (Fsp3) is 0. The summed E-state index contributed by atoms with van der Waals surface area (Å²) in [5, 5.41) is 0.279. The van der Waals surface area contributed by atoms with Gasteiger partial charge in [0.25, 0.3) is 0 Å². The molecule has 0 radical (unpaired) electrons. The van der Waals surface area contributed by atoms with Gasteiger partial charge in [0.1, 0.15) is 0 Å². The molecule has 2 nitrogen and oxygen atoms in total. The molecule has 88 valence electrons. The van der Waals surface area contributed by atoms with Crippen molar-refractivity contribution in [2.75, 3.05) is 0 Å². The third-order valence-electron chi connectivity index (χ3n) is 2.26. The Kier molecular flexibility index (Phi) is 3.43. The first-order valence-electron chi connectivity index (χ1n) is 4.77. The second-order valence-electron chi connectivity index (χ2n) is 3.37. The fourth-order valence-electron chi connectivity index (χ4n) is 1.42. The van der Waals surface area contributed by atoms with Crippen LogP contribution >= 0.6 is 23.2 Å². The third kappa shape index (κ3) is 2.32. The van der Waals surface area contributed by atoms with Gasteiger partial charge in [-0.1, -0.05) is 47.5 Å². The lowest BCUT2D eigenvalue weighted by Gasteiger charge is -2.07. The van der Waals surface area contributed by atoms with Crippen LogP contribution in [0.5, 0.6) is 0 Å². The van der Waals surface area contributed by atoms with Crippen molar-refractivity contribution in [2.45, 2.75) is 9.79 Å². The molecule has 0 amide bonds. The minimum absolute atomic E-state index is 0.0258. The van der Waals surface area contributed by atoms with Crippen LogP contribution in [-0.2, 0) is 9.84 Å². The summed E-state index contributed by atoms with van der Waals surface area (Å²) in [6.45, 7) is 0. The molecular weight excluding hydrogens is 279 g/mol. The second-order valence-corrected chi connectivity index (χ2v) is 6.07. The molecule has 0 aromatic heterocycles. The van der Waals surface area contributed by atoms with Crippen molar-refractivity contribution in [1.29, 1.82) is 0 Å². The first kappa shape index (κ1) is 12.4. The van der Waals surface area contributed by atoms with Crippen molar-refractivity contribution in [3.05, 3.63) is 58.6 Å². The van der Waals surface area contributed by atoms with E-state index >= 15 is 0 Å². The largest absolute Gasteiger partial charge is 0.218 e. The summed E-state index contributed by atoms with van der Waals surface area (Å²) in [7, 11) is -3.61. The molecular formula is C12H8Cl2O2S. The van der Waals surface area contributed by atoms with Gasteiger partial charge in [0, 0.05) is 0 Å². The van der Waals surface area contributed by atoms with E-state index in [0.717, 1.165) is 0 Å². The Morgan fingerprint density at radius 3 is 2.12 bits per heavy atom. The Morgan fingerprint density at radius 1 is 0.824 bits per heavy atom. The molecule has 0 N–H and O–H groups in total. The summed E-state index contributed by atoms with van der Waals surface area (Å²) in [4.78, 5) is 0.224. The first-order chi connectivity index (χ1) is 8.03. The van der Waals surface area contributed by atoms with E-state index in [1.54, 1.807) is 30.3 Å². The average molecular weight is 287 g/mol. The zero-order chi connectivity index (χ0) is 12.5. The van der Waals surface area contributed by atoms with Crippen LogP contribution in [0.25, 0.3) is 0 Å². The van der Waals surface area contributed by atoms with Gasteiger partial charge in [0.05, 0.1) is 19.8 Å². The maximum atomic E-state index is 12.3. The van der Waals surface area contributed by atoms with Crippen LogP contribution in [0.15, 0.2) is 58.3 Å². The highest BCUT2D eigenvalue weighted by Gasteiger charge is 2.21. The maximum Gasteiger partial charge on any atom is 0.208 e. The molecule has 0 spiro atoms. The van der Waals surface area contributed by atoms with Gasteiger partial charge in [-0.3, -0.25) is 0 Å². The molecule has 0 saturated heterocycles. The van der Waals surface area contributed by atoms with Crippen LogP contribution < -0.4 is 0 Å². The van der Waals surface area contributed by atoms with Crippen molar-refractivity contribution < 1.29 is 8.42 Å². The first-order valence-corrected chi connectivity index (χ1v) is 7.01. The number of hydrogen-bond donors (Lipinski definition) is 0. The molecule has 0 aliphatic rings. The smallest absolute Gasteiger partial charge is 0.208 e. The zero-order valence-electron chi connectivity index (χ0n) is 8.60. The van der Waals surface area contributed by atoms with Crippen molar-refractivity contribution >= 4 is 33.0 Å². The van der Waals surface area contributed by atoms with Crippen LogP contribution in [-0.4, -0.2) is 8.42 Å². The van der Waals surface area contributed by atoms with Gasteiger partial charge in [-0.2, -0.15) is 0 Å². The molecule has 0 atom stereocenters. The second kappa shape index (κ2) is 4.69. The van der Waals surface area contributed by atoms with Gasteiger partial charge in [0.2, 0.25) is 9.84 Å². The molecule has 2 aromatic rings. The summed E-state index contributed by atoms with van der Waals surface area (Å²) in [5.41, 5.74) is 0. The summed E-state index contributed by atoms with van der Waals surface area (Å²) in [6.07, 6.45) is 0. The Bertz CT molecular complexity index is 637. The lowest BCUT2D eigenvalue weighted by atomic mass is 10.4. The van der Waals surface area contributed by atoms with Crippen molar-refractivity contribution in [3.63, 3.8) is 0 Å². The minimum atomic E-state index is -3.61. The molecule has 0 bridgehead atoms. The SMILES string of the molecule is O=S(=O)(c1ccccc1)c1cccc(Cl)c1Cl. The molecule has 2 aromatic carbocycles. The maximum absolute atomic E-state index is 12.3. The summed E-state index contributed by atoms with van der Waals surface area (Å²) < 4.78 is 24.5. The lowest BCUT2D eigenvalue weighted by Crippen LogP contribution is -2.02. The standard InChI is InChI=1S/C12H8Cl2O2S/c13-10-7-4-8-11(12(10)14)17(15,16)9-5-2-1-3-6-9/h1-8H. The van der Waals surface area contributed by atoms with Gasteiger partial charge in [0.15, 0.2) is 0 Å². The number of rotatable bonds is 2. The molecule has 17 heavy (non-hydrogen) atoms. The van der Waals surface area contributed by atoms with E-state index in [1.807, 2.05) is 0 Å². The Morgan fingerprint density at radius 2 is 1.47 bits per heavy atom. The van der Waals surface area contributed by atoms with E-state index in [1.165, 1.54) is 18.2 Å². The van der Waals surface area contributed by atoms with Crippen LogP contribution in [0.3, 0.4) is 0 Å². The summed E-state index contributed by atoms with van der Waals surface area (Å²) in [6, 6.07) is 12.7. The molecule has 0 aliphatic carbocycles. The summed E-state index contributed by atoms with van der Waals surface area (Å²) in [5.74, 6) is 0. The molecule has 0 fully saturated rings. The lowest BCUT2D eigenvalue weighted by molar-refractivity contribution is 0.596. The number of hydrogen-bond acceptors (Lipinski definition) is 2. The number of halogens is 2. The number of benzene rings is 2. The topological polar surface area (TPSA) is 34.1 Å².